The lowest BCUT2D eigenvalue weighted by Crippen LogP contribution is -2.27. The number of oxime groups is 1. The third-order valence-electron chi connectivity index (χ3n) is 2.73. The van der Waals surface area contributed by atoms with Crippen LogP contribution in [0.25, 0.3) is 0 Å². The first-order valence-corrected chi connectivity index (χ1v) is 5.48. The summed E-state index contributed by atoms with van der Waals surface area (Å²) in [5.74, 6) is 0.347. The van der Waals surface area contributed by atoms with Gasteiger partial charge in [0.25, 0.3) is 0 Å². The highest BCUT2D eigenvalue weighted by molar-refractivity contribution is 5.79. The summed E-state index contributed by atoms with van der Waals surface area (Å²) in [6, 6.07) is 0.851. The summed E-state index contributed by atoms with van der Waals surface area (Å²) in [5.41, 5.74) is 5.38. The summed E-state index contributed by atoms with van der Waals surface area (Å²) >= 11 is 0. The largest absolute Gasteiger partial charge is 0.409 e. The van der Waals surface area contributed by atoms with Crippen LogP contribution in [0.2, 0.25) is 0 Å². The lowest BCUT2D eigenvalue weighted by atomic mass is 10.2. The molecule has 82 valence electrons. The first-order valence-electron chi connectivity index (χ1n) is 5.48. The molecule has 3 N–H and O–H groups in total. The van der Waals surface area contributed by atoms with Gasteiger partial charge in [-0.3, -0.25) is 0 Å². The average molecular weight is 199 g/mol. The van der Waals surface area contributed by atoms with Crippen molar-refractivity contribution in [2.24, 2.45) is 10.9 Å². The number of amidine groups is 1. The zero-order chi connectivity index (χ0) is 10.4. The van der Waals surface area contributed by atoms with Gasteiger partial charge in [0, 0.05) is 12.5 Å². The van der Waals surface area contributed by atoms with Crippen molar-refractivity contribution >= 4 is 5.84 Å². The van der Waals surface area contributed by atoms with Crippen molar-refractivity contribution in [2.75, 3.05) is 13.1 Å². The van der Waals surface area contributed by atoms with Crippen LogP contribution in [0.4, 0.5) is 0 Å². The zero-order valence-corrected chi connectivity index (χ0v) is 8.95. The smallest absolute Gasteiger partial charge is 0.139 e. The maximum atomic E-state index is 8.34. The molecule has 0 spiro atoms. The van der Waals surface area contributed by atoms with E-state index >= 15 is 0 Å². The molecule has 0 aromatic rings. The van der Waals surface area contributed by atoms with Crippen molar-refractivity contribution in [2.45, 2.75) is 45.1 Å². The molecule has 4 nitrogen and oxygen atoms in total. The Hall–Kier alpha value is -0.770. The zero-order valence-electron chi connectivity index (χ0n) is 8.95. The molecule has 4 heteroatoms. The van der Waals surface area contributed by atoms with Gasteiger partial charge in [0.15, 0.2) is 0 Å². The van der Waals surface area contributed by atoms with Crippen LogP contribution in [0.5, 0.6) is 0 Å². The molecule has 1 fully saturated rings. The van der Waals surface area contributed by atoms with E-state index in [1.54, 1.807) is 0 Å². The van der Waals surface area contributed by atoms with E-state index in [-0.39, 0.29) is 0 Å². The lowest BCUT2D eigenvalue weighted by Gasteiger charge is -2.19. The fourth-order valence-corrected chi connectivity index (χ4v) is 1.71. The van der Waals surface area contributed by atoms with Crippen molar-refractivity contribution in [3.05, 3.63) is 0 Å². The van der Waals surface area contributed by atoms with Crippen LogP contribution in [-0.4, -0.2) is 35.1 Å². The van der Waals surface area contributed by atoms with Gasteiger partial charge < -0.3 is 15.8 Å². The number of hydrogen-bond donors (Lipinski definition) is 2. The lowest BCUT2D eigenvalue weighted by molar-refractivity contribution is 0.272. The Balaban J connectivity index is 2.01. The van der Waals surface area contributed by atoms with Gasteiger partial charge in [-0.2, -0.15) is 0 Å². The van der Waals surface area contributed by atoms with E-state index in [1.807, 2.05) is 0 Å². The molecule has 0 radical (unpaired) electrons. The minimum Gasteiger partial charge on any atom is -0.409 e. The first-order chi connectivity index (χ1) is 6.77. The van der Waals surface area contributed by atoms with E-state index in [0.717, 1.165) is 32.0 Å². The van der Waals surface area contributed by atoms with Crippen LogP contribution in [-0.2, 0) is 0 Å². The van der Waals surface area contributed by atoms with Gasteiger partial charge in [-0.1, -0.05) is 12.1 Å². The highest BCUT2D eigenvalue weighted by Gasteiger charge is 2.26. The summed E-state index contributed by atoms with van der Waals surface area (Å²) in [6.45, 7) is 4.51. The normalized spacial score (nSPS) is 17.7. The van der Waals surface area contributed by atoms with Crippen LogP contribution >= 0.6 is 0 Å². The molecule has 0 aliphatic heterocycles. The second-order valence-electron chi connectivity index (χ2n) is 3.91. The predicted molar refractivity (Wildman–Crippen MR) is 57.5 cm³/mol. The Bertz CT molecular complexity index is 190. The molecule has 1 aliphatic rings. The highest BCUT2D eigenvalue weighted by Crippen LogP contribution is 2.26. The molecule has 0 bridgehead atoms. The molecule has 0 amide bonds. The molecule has 0 aromatic heterocycles. The summed E-state index contributed by atoms with van der Waals surface area (Å²) in [5, 5.41) is 11.3. The topological polar surface area (TPSA) is 61.8 Å². The third kappa shape index (κ3) is 3.96. The molecule has 14 heavy (non-hydrogen) atoms. The number of nitrogens with two attached hydrogens (primary N) is 1. The molecule has 0 aromatic carbocycles. The molecule has 1 saturated carbocycles. The number of nitrogens with zero attached hydrogens (tertiary/aromatic N) is 2. The Kier molecular flexibility index (Phi) is 4.73. The number of unbranched alkanes of at least 4 members (excludes halogenated alkanes) is 1. The standard InChI is InChI=1S/C10H21N3O/c1-2-13(9-6-7-9)8-4-3-5-10(11)12-14/h9,14H,2-8H2,1H3,(H2,11,12). The number of hydrogen-bond acceptors (Lipinski definition) is 3. The maximum absolute atomic E-state index is 8.34. The predicted octanol–water partition coefficient (Wildman–Crippen LogP) is 1.39. The van der Waals surface area contributed by atoms with Crippen LogP contribution in [0.15, 0.2) is 5.16 Å². The highest BCUT2D eigenvalue weighted by atomic mass is 16.4. The van der Waals surface area contributed by atoms with Crippen molar-refractivity contribution < 1.29 is 5.21 Å². The minimum atomic E-state index is 0.347. The monoisotopic (exact) mass is 199 g/mol. The van der Waals surface area contributed by atoms with Gasteiger partial charge in [-0.25, -0.2) is 0 Å². The fourth-order valence-electron chi connectivity index (χ4n) is 1.71. The SMILES string of the molecule is CCN(CCCC/C(N)=N/O)C1CC1. The Morgan fingerprint density at radius 3 is 2.71 bits per heavy atom. The van der Waals surface area contributed by atoms with Gasteiger partial charge >= 0.3 is 0 Å². The summed E-state index contributed by atoms with van der Waals surface area (Å²) in [6.07, 6.45) is 5.60. The van der Waals surface area contributed by atoms with E-state index in [2.05, 4.69) is 17.0 Å². The summed E-state index contributed by atoms with van der Waals surface area (Å²) in [7, 11) is 0. The van der Waals surface area contributed by atoms with Gasteiger partial charge in [0.1, 0.15) is 5.84 Å². The Morgan fingerprint density at radius 1 is 1.50 bits per heavy atom. The Morgan fingerprint density at radius 2 is 2.21 bits per heavy atom. The van der Waals surface area contributed by atoms with Gasteiger partial charge in [-0.05, 0) is 38.8 Å². The third-order valence-corrected chi connectivity index (χ3v) is 2.73. The average Bonchev–Trinajstić information content (AvgIpc) is 3.01. The molecule has 0 saturated heterocycles. The number of rotatable bonds is 7. The van der Waals surface area contributed by atoms with Gasteiger partial charge in [-0.15, -0.1) is 0 Å². The van der Waals surface area contributed by atoms with Gasteiger partial charge in [0.2, 0.25) is 0 Å². The van der Waals surface area contributed by atoms with Crippen molar-refractivity contribution in [1.29, 1.82) is 0 Å². The maximum Gasteiger partial charge on any atom is 0.139 e. The second-order valence-corrected chi connectivity index (χ2v) is 3.91. The van der Waals surface area contributed by atoms with E-state index in [0.29, 0.717) is 12.3 Å². The van der Waals surface area contributed by atoms with Crippen LogP contribution < -0.4 is 5.73 Å². The Labute approximate surface area is 85.8 Å². The van der Waals surface area contributed by atoms with E-state index in [9.17, 15) is 0 Å². The molecular weight excluding hydrogens is 178 g/mol. The van der Waals surface area contributed by atoms with Crippen LogP contribution in [0, 0.1) is 0 Å². The van der Waals surface area contributed by atoms with Crippen LogP contribution in [0.1, 0.15) is 39.0 Å². The van der Waals surface area contributed by atoms with E-state index in [1.165, 1.54) is 12.8 Å². The summed E-state index contributed by atoms with van der Waals surface area (Å²) < 4.78 is 0. The molecular formula is C10H21N3O. The molecule has 0 atom stereocenters. The molecule has 0 heterocycles. The van der Waals surface area contributed by atoms with Crippen LogP contribution in [0.3, 0.4) is 0 Å². The van der Waals surface area contributed by atoms with Gasteiger partial charge in [0.05, 0.1) is 0 Å². The van der Waals surface area contributed by atoms with E-state index in [4.69, 9.17) is 10.9 Å². The van der Waals surface area contributed by atoms with Crippen molar-refractivity contribution in [3.63, 3.8) is 0 Å². The first kappa shape index (κ1) is 11.3. The summed E-state index contributed by atoms with van der Waals surface area (Å²) in [4.78, 5) is 2.52. The quantitative estimate of drug-likeness (QED) is 0.214. The fraction of sp³-hybridized carbons (Fsp3) is 0.900. The van der Waals surface area contributed by atoms with E-state index < -0.39 is 0 Å². The second kappa shape index (κ2) is 5.86. The molecule has 0 unspecified atom stereocenters. The minimum absolute atomic E-state index is 0.347. The van der Waals surface area contributed by atoms with Crippen molar-refractivity contribution in [1.82, 2.24) is 4.90 Å². The molecule has 1 rings (SSSR count). The van der Waals surface area contributed by atoms with Crippen molar-refractivity contribution in [3.8, 4) is 0 Å². The molecule has 1 aliphatic carbocycles.